The van der Waals surface area contributed by atoms with Gasteiger partial charge in [0.2, 0.25) is 0 Å². The van der Waals surface area contributed by atoms with E-state index in [-0.39, 0.29) is 6.61 Å². The Morgan fingerprint density at radius 1 is 1.25 bits per heavy atom. The van der Waals surface area contributed by atoms with E-state index in [4.69, 9.17) is 16.0 Å². The lowest BCUT2D eigenvalue weighted by atomic mass is 10.1. The molecule has 0 unspecified atom stereocenters. The first kappa shape index (κ1) is 20.4. The normalized spacial score (nSPS) is 11.9. The van der Waals surface area contributed by atoms with Crippen molar-refractivity contribution in [3.8, 4) is 0 Å². The summed E-state index contributed by atoms with van der Waals surface area (Å²) < 4.78 is 7.86. The number of imidazole rings is 1. The topological polar surface area (TPSA) is 51.2 Å². The maximum atomic E-state index is 9.87. The highest BCUT2D eigenvalue weighted by Gasteiger charge is 2.12. The SMILES string of the molecule is CCCCc1ncc(/C=C(/CO)Cc2ccc(C)o2)n1Cc1ccccc1Cl. The third kappa shape index (κ3) is 5.15. The maximum absolute atomic E-state index is 9.87. The van der Waals surface area contributed by atoms with Crippen molar-refractivity contribution in [1.29, 1.82) is 0 Å². The van der Waals surface area contributed by atoms with Crippen LogP contribution in [-0.4, -0.2) is 21.3 Å². The second-order valence-corrected chi connectivity index (χ2v) is 7.44. The Balaban J connectivity index is 1.92. The number of aliphatic hydroxyl groups excluding tert-OH is 1. The quantitative estimate of drug-likeness (QED) is 0.521. The molecular weight excluding hydrogens is 372 g/mol. The van der Waals surface area contributed by atoms with Gasteiger partial charge in [0.1, 0.15) is 17.3 Å². The molecule has 0 atom stereocenters. The summed E-state index contributed by atoms with van der Waals surface area (Å²) in [7, 11) is 0. The number of hydrogen-bond acceptors (Lipinski definition) is 3. The largest absolute Gasteiger partial charge is 0.466 e. The molecule has 5 heteroatoms. The van der Waals surface area contributed by atoms with Gasteiger partial charge < -0.3 is 14.1 Å². The zero-order valence-electron chi connectivity index (χ0n) is 16.5. The highest BCUT2D eigenvalue weighted by Crippen LogP contribution is 2.21. The summed E-state index contributed by atoms with van der Waals surface area (Å²) in [6.45, 7) is 4.73. The lowest BCUT2D eigenvalue weighted by Gasteiger charge is -2.12. The van der Waals surface area contributed by atoms with Crippen LogP contribution in [0.3, 0.4) is 0 Å². The molecule has 0 spiro atoms. The summed E-state index contributed by atoms with van der Waals surface area (Å²) in [5.41, 5.74) is 2.91. The van der Waals surface area contributed by atoms with Crippen molar-refractivity contribution in [3.05, 3.63) is 81.8 Å². The molecule has 1 N–H and O–H groups in total. The molecule has 28 heavy (non-hydrogen) atoms. The van der Waals surface area contributed by atoms with Crippen LogP contribution < -0.4 is 0 Å². The van der Waals surface area contributed by atoms with E-state index in [1.54, 1.807) is 0 Å². The third-order valence-corrected chi connectivity index (χ3v) is 5.13. The molecule has 2 aromatic heterocycles. The second-order valence-electron chi connectivity index (χ2n) is 7.03. The standard InChI is InChI=1S/C23H27ClN2O2/c1-3-4-9-23-25-14-20(26(23)15-19-7-5-6-8-22(19)24)12-18(16-27)13-21-11-10-17(2)28-21/h5-8,10-12,14,27H,3-4,9,13,15-16H2,1-2H3/b18-12+. The van der Waals surface area contributed by atoms with Crippen LogP contribution in [-0.2, 0) is 19.4 Å². The van der Waals surface area contributed by atoms with Gasteiger partial charge in [-0.1, -0.05) is 43.1 Å². The molecule has 0 saturated carbocycles. The first-order valence-corrected chi connectivity index (χ1v) is 10.1. The van der Waals surface area contributed by atoms with Crippen LogP contribution in [0.5, 0.6) is 0 Å². The van der Waals surface area contributed by atoms with Gasteiger partial charge in [-0.25, -0.2) is 4.98 Å². The summed E-state index contributed by atoms with van der Waals surface area (Å²) in [5, 5.41) is 10.6. The lowest BCUT2D eigenvalue weighted by molar-refractivity contribution is 0.327. The van der Waals surface area contributed by atoms with Crippen molar-refractivity contribution in [2.75, 3.05) is 6.61 Å². The van der Waals surface area contributed by atoms with Crippen molar-refractivity contribution < 1.29 is 9.52 Å². The minimum atomic E-state index is -0.0265. The Labute approximate surface area is 171 Å². The summed E-state index contributed by atoms with van der Waals surface area (Å²) in [6.07, 6.45) is 7.58. The second kappa shape index (κ2) is 9.76. The maximum Gasteiger partial charge on any atom is 0.109 e. The number of aromatic nitrogens is 2. The van der Waals surface area contributed by atoms with Crippen molar-refractivity contribution in [2.24, 2.45) is 0 Å². The number of aliphatic hydroxyl groups is 1. The molecule has 148 valence electrons. The van der Waals surface area contributed by atoms with Crippen molar-refractivity contribution in [3.63, 3.8) is 0 Å². The minimum absolute atomic E-state index is 0.0265. The number of furan rings is 1. The number of benzene rings is 1. The molecular formula is C23H27ClN2O2. The van der Waals surface area contributed by atoms with Gasteiger partial charge in [0.25, 0.3) is 0 Å². The average Bonchev–Trinajstić information content (AvgIpc) is 3.27. The zero-order chi connectivity index (χ0) is 19.9. The smallest absolute Gasteiger partial charge is 0.109 e. The van der Waals surface area contributed by atoms with Gasteiger partial charge in [-0.3, -0.25) is 0 Å². The first-order chi connectivity index (χ1) is 13.6. The van der Waals surface area contributed by atoms with Gasteiger partial charge >= 0.3 is 0 Å². The predicted molar refractivity (Wildman–Crippen MR) is 114 cm³/mol. The number of unbranched alkanes of at least 4 members (excludes halogenated alkanes) is 1. The van der Waals surface area contributed by atoms with Gasteiger partial charge in [0.05, 0.1) is 25.0 Å². The van der Waals surface area contributed by atoms with E-state index in [1.165, 1.54) is 0 Å². The minimum Gasteiger partial charge on any atom is -0.466 e. The Bertz CT molecular complexity index is 940. The molecule has 3 aromatic rings. The van der Waals surface area contributed by atoms with Crippen LogP contribution in [0, 0.1) is 6.92 Å². The molecule has 0 amide bonds. The van der Waals surface area contributed by atoms with Crippen LogP contribution >= 0.6 is 11.6 Å². The highest BCUT2D eigenvalue weighted by atomic mass is 35.5. The number of hydrogen-bond donors (Lipinski definition) is 1. The summed E-state index contributed by atoms with van der Waals surface area (Å²) >= 11 is 6.39. The van der Waals surface area contributed by atoms with Crippen molar-refractivity contribution in [2.45, 2.75) is 46.1 Å². The lowest BCUT2D eigenvalue weighted by Crippen LogP contribution is -2.08. The van der Waals surface area contributed by atoms with Crippen molar-refractivity contribution in [1.82, 2.24) is 9.55 Å². The van der Waals surface area contributed by atoms with E-state index in [0.717, 1.165) is 58.5 Å². The van der Waals surface area contributed by atoms with E-state index in [0.29, 0.717) is 13.0 Å². The van der Waals surface area contributed by atoms with Gasteiger partial charge in [-0.05, 0) is 48.8 Å². The van der Waals surface area contributed by atoms with Crippen LogP contribution in [0.4, 0.5) is 0 Å². The molecule has 3 rings (SSSR count). The van der Waals surface area contributed by atoms with Crippen molar-refractivity contribution >= 4 is 17.7 Å². The van der Waals surface area contributed by atoms with E-state index in [2.05, 4.69) is 16.5 Å². The fourth-order valence-corrected chi connectivity index (χ4v) is 3.42. The summed E-state index contributed by atoms with van der Waals surface area (Å²) in [6, 6.07) is 11.8. The van der Waals surface area contributed by atoms with Gasteiger partial charge in [0, 0.05) is 17.9 Å². The molecule has 0 aliphatic heterocycles. The number of rotatable bonds is 9. The fourth-order valence-electron chi connectivity index (χ4n) is 3.22. The summed E-state index contributed by atoms with van der Waals surface area (Å²) in [5.74, 6) is 2.76. The van der Waals surface area contributed by atoms with Gasteiger partial charge in [0.15, 0.2) is 0 Å². The molecule has 0 fully saturated rings. The molecule has 0 saturated heterocycles. The monoisotopic (exact) mass is 398 g/mol. The first-order valence-electron chi connectivity index (χ1n) is 9.74. The Morgan fingerprint density at radius 3 is 2.75 bits per heavy atom. The summed E-state index contributed by atoms with van der Waals surface area (Å²) in [4.78, 5) is 4.65. The Hall–Kier alpha value is -2.30. The number of nitrogens with zero attached hydrogens (tertiary/aromatic N) is 2. The molecule has 4 nitrogen and oxygen atoms in total. The predicted octanol–water partition coefficient (Wildman–Crippen LogP) is 5.45. The molecule has 0 radical (unpaired) electrons. The van der Waals surface area contributed by atoms with Crippen LogP contribution in [0.25, 0.3) is 6.08 Å². The molecule has 0 aliphatic rings. The van der Waals surface area contributed by atoms with E-state index < -0.39 is 0 Å². The van der Waals surface area contributed by atoms with Crippen LogP contribution in [0.15, 0.2) is 52.6 Å². The van der Waals surface area contributed by atoms with E-state index in [9.17, 15) is 5.11 Å². The fraction of sp³-hybridized carbons (Fsp3) is 0.348. The van der Waals surface area contributed by atoms with Crippen LogP contribution in [0.2, 0.25) is 5.02 Å². The Morgan fingerprint density at radius 2 is 2.07 bits per heavy atom. The third-order valence-electron chi connectivity index (χ3n) is 4.76. The highest BCUT2D eigenvalue weighted by molar-refractivity contribution is 6.31. The average molecular weight is 399 g/mol. The molecule has 0 bridgehead atoms. The van der Waals surface area contributed by atoms with Gasteiger partial charge in [-0.2, -0.15) is 0 Å². The van der Waals surface area contributed by atoms with Crippen LogP contribution in [0.1, 0.15) is 48.4 Å². The Kier molecular flexibility index (Phi) is 7.12. The molecule has 1 aromatic carbocycles. The van der Waals surface area contributed by atoms with E-state index >= 15 is 0 Å². The number of halogens is 1. The molecule has 2 heterocycles. The van der Waals surface area contributed by atoms with E-state index in [1.807, 2.05) is 55.6 Å². The zero-order valence-corrected chi connectivity index (χ0v) is 17.2. The molecule has 0 aliphatic carbocycles. The number of aryl methyl sites for hydroxylation is 2. The van der Waals surface area contributed by atoms with Gasteiger partial charge in [-0.15, -0.1) is 0 Å².